The van der Waals surface area contributed by atoms with Gasteiger partial charge in [0, 0.05) is 18.2 Å². The van der Waals surface area contributed by atoms with Gasteiger partial charge in [-0.15, -0.1) is 0 Å². The lowest BCUT2D eigenvalue weighted by Crippen LogP contribution is -1.99. The van der Waals surface area contributed by atoms with Crippen molar-refractivity contribution < 1.29 is 4.74 Å². The van der Waals surface area contributed by atoms with Gasteiger partial charge in [-0.1, -0.05) is 6.07 Å². The second-order valence-corrected chi connectivity index (χ2v) is 4.63. The summed E-state index contributed by atoms with van der Waals surface area (Å²) < 4.78 is 7.85. The molecule has 0 bridgehead atoms. The first-order valence-electron chi connectivity index (χ1n) is 5.17. The highest BCUT2D eigenvalue weighted by Crippen LogP contribution is 2.39. The highest BCUT2D eigenvalue weighted by Gasteiger charge is 2.16. The maximum absolute atomic E-state index is 6.00. The standard InChI is InChI=1S/C12H14BrN3O/c1-7-4-5-9(17-3)11(13)10(7)8-6-15-16(2)12(8)14/h4-6H,14H2,1-3H3. The van der Waals surface area contributed by atoms with Crippen LogP contribution in [0.4, 0.5) is 5.82 Å². The van der Waals surface area contributed by atoms with Gasteiger partial charge < -0.3 is 10.5 Å². The lowest BCUT2D eigenvalue weighted by atomic mass is 10.0. The molecule has 0 amide bonds. The SMILES string of the molecule is COc1ccc(C)c(-c2cnn(C)c2N)c1Br. The third-order valence-electron chi connectivity index (χ3n) is 2.79. The summed E-state index contributed by atoms with van der Waals surface area (Å²) in [5.74, 6) is 1.43. The molecule has 0 aliphatic heterocycles. The zero-order valence-electron chi connectivity index (χ0n) is 9.99. The fourth-order valence-corrected chi connectivity index (χ4v) is 2.60. The Morgan fingerprint density at radius 2 is 2.12 bits per heavy atom. The van der Waals surface area contributed by atoms with E-state index in [-0.39, 0.29) is 0 Å². The van der Waals surface area contributed by atoms with Crippen molar-refractivity contribution >= 4 is 21.7 Å². The van der Waals surface area contributed by atoms with Gasteiger partial charge in [-0.2, -0.15) is 5.10 Å². The number of nitrogens with two attached hydrogens (primary N) is 1. The number of halogens is 1. The van der Waals surface area contributed by atoms with Gasteiger partial charge in [0.2, 0.25) is 0 Å². The molecule has 4 nitrogen and oxygen atoms in total. The summed E-state index contributed by atoms with van der Waals surface area (Å²) in [6.45, 7) is 2.03. The summed E-state index contributed by atoms with van der Waals surface area (Å²) in [7, 11) is 3.47. The molecule has 2 rings (SSSR count). The maximum atomic E-state index is 6.00. The van der Waals surface area contributed by atoms with Gasteiger partial charge >= 0.3 is 0 Å². The third-order valence-corrected chi connectivity index (χ3v) is 3.58. The summed E-state index contributed by atoms with van der Waals surface area (Å²) in [5.41, 5.74) is 9.06. The lowest BCUT2D eigenvalue weighted by molar-refractivity contribution is 0.412. The minimum absolute atomic E-state index is 0.641. The van der Waals surface area contributed by atoms with E-state index in [4.69, 9.17) is 10.5 Å². The first kappa shape index (κ1) is 12.0. The van der Waals surface area contributed by atoms with Crippen LogP contribution in [0.5, 0.6) is 5.75 Å². The van der Waals surface area contributed by atoms with Gasteiger partial charge in [-0.05, 0) is 34.5 Å². The zero-order chi connectivity index (χ0) is 12.6. The molecule has 2 aromatic rings. The molecule has 90 valence electrons. The molecule has 1 aromatic carbocycles. The molecular formula is C12H14BrN3O. The quantitative estimate of drug-likeness (QED) is 0.927. The third kappa shape index (κ3) is 1.91. The molecule has 5 heteroatoms. The number of methoxy groups -OCH3 is 1. The van der Waals surface area contributed by atoms with Crippen LogP contribution in [0.2, 0.25) is 0 Å². The van der Waals surface area contributed by atoms with Gasteiger partial charge in [0.1, 0.15) is 11.6 Å². The number of aryl methyl sites for hydroxylation is 2. The Morgan fingerprint density at radius 3 is 2.65 bits per heavy atom. The molecule has 17 heavy (non-hydrogen) atoms. The van der Waals surface area contributed by atoms with Crippen LogP contribution in [0.1, 0.15) is 5.56 Å². The minimum atomic E-state index is 0.641. The average Bonchev–Trinajstić information content (AvgIpc) is 2.62. The monoisotopic (exact) mass is 295 g/mol. The van der Waals surface area contributed by atoms with Crippen molar-refractivity contribution in [2.45, 2.75) is 6.92 Å². The summed E-state index contributed by atoms with van der Waals surface area (Å²) >= 11 is 3.55. The van der Waals surface area contributed by atoms with E-state index < -0.39 is 0 Å². The van der Waals surface area contributed by atoms with E-state index in [0.29, 0.717) is 5.82 Å². The van der Waals surface area contributed by atoms with Crippen LogP contribution in [0.3, 0.4) is 0 Å². The fraction of sp³-hybridized carbons (Fsp3) is 0.250. The number of anilines is 1. The van der Waals surface area contributed by atoms with Gasteiger partial charge in [0.05, 0.1) is 17.8 Å². The number of nitrogen functional groups attached to an aromatic ring is 1. The predicted molar refractivity (Wildman–Crippen MR) is 72.0 cm³/mol. The molecule has 0 unspecified atom stereocenters. The van der Waals surface area contributed by atoms with Crippen molar-refractivity contribution in [2.75, 3.05) is 12.8 Å². The number of benzene rings is 1. The van der Waals surface area contributed by atoms with E-state index in [9.17, 15) is 0 Å². The topological polar surface area (TPSA) is 53.1 Å². The van der Waals surface area contributed by atoms with Crippen molar-refractivity contribution in [1.29, 1.82) is 0 Å². The average molecular weight is 296 g/mol. The molecular weight excluding hydrogens is 282 g/mol. The van der Waals surface area contributed by atoms with Crippen LogP contribution < -0.4 is 10.5 Å². The van der Waals surface area contributed by atoms with Gasteiger partial charge in [-0.25, -0.2) is 0 Å². The molecule has 0 saturated heterocycles. The Kier molecular flexibility index (Phi) is 3.11. The van der Waals surface area contributed by atoms with Crippen LogP contribution in [-0.4, -0.2) is 16.9 Å². The number of aromatic nitrogens is 2. The van der Waals surface area contributed by atoms with E-state index in [1.165, 1.54) is 0 Å². The highest BCUT2D eigenvalue weighted by atomic mass is 79.9. The normalized spacial score (nSPS) is 10.6. The summed E-state index contributed by atoms with van der Waals surface area (Å²) in [6.07, 6.45) is 1.77. The molecule has 1 aromatic heterocycles. The highest BCUT2D eigenvalue weighted by molar-refractivity contribution is 9.10. The van der Waals surface area contributed by atoms with Crippen LogP contribution in [0.25, 0.3) is 11.1 Å². The molecule has 2 N–H and O–H groups in total. The first-order chi connectivity index (χ1) is 8.06. The van der Waals surface area contributed by atoms with Crippen molar-refractivity contribution in [3.63, 3.8) is 0 Å². The second-order valence-electron chi connectivity index (χ2n) is 3.84. The molecule has 0 saturated carbocycles. The molecule has 0 fully saturated rings. The van der Waals surface area contributed by atoms with Crippen molar-refractivity contribution in [3.8, 4) is 16.9 Å². The van der Waals surface area contributed by atoms with E-state index in [2.05, 4.69) is 21.0 Å². The molecule has 1 heterocycles. The van der Waals surface area contributed by atoms with Crippen LogP contribution in [0, 0.1) is 6.92 Å². The van der Waals surface area contributed by atoms with Crippen molar-refractivity contribution in [3.05, 3.63) is 28.4 Å². The van der Waals surface area contributed by atoms with E-state index in [0.717, 1.165) is 26.9 Å². The summed E-state index contributed by atoms with van der Waals surface area (Å²) in [6, 6.07) is 3.93. The van der Waals surface area contributed by atoms with Gasteiger partial charge in [0.25, 0.3) is 0 Å². The van der Waals surface area contributed by atoms with Crippen LogP contribution in [-0.2, 0) is 7.05 Å². The summed E-state index contributed by atoms with van der Waals surface area (Å²) in [5, 5.41) is 4.16. The van der Waals surface area contributed by atoms with E-state index in [1.807, 2.05) is 26.1 Å². The smallest absolute Gasteiger partial charge is 0.133 e. The Balaban J connectivity index is 2.70. The van der Waals surface area contributed by atoms with Crippen molar-refractivity contribution in [1.82, 2.24) is 9.78 Å². The largest absolute Gasteiger partial charge is 0.496 e. The van der Waals surface area contributed by atoms with E-state index >= 15 is 0 Å². The van der Waals surface area contributed by atoms with Crippen molar-refractivity contribution in [2.24, 2.45) is 7.05 Å². The number of rotatable bonds is 2. The Hall–Kier alpha value is -1.49. The van der Waals surface area contributed by atoms with Crippen LogP contribution in [0.15, 0.2) is 22.8 Å². The molecule has 0 spiro atoms. The number of nitrogens with zero attached hydrogens (tertiary/aromatic N) is 2. The number of hydrogen-bond donors (Lipinski definition) is 1. The minimum Gasteiger partial charge on any atom is -0.496 e. The Bertz CT molecular complexity index is 563. The number of hydrogen-bond acceptors (Lipinski definition) is 3. The number of ether oxygens (including phenoxy) is 1. The fourth-order valence-electron chi connectivity index (χ4n) is 1.78. The van der Waals surface area contributed by atoms with Crippen LogP contribution >= 0.6 is 15.9 Å². The van der Waals surface area contributed by atoms with Gasteiger partial charge in [0.15, 0.2) is 0 Å². The molecule has 0 radical (unpaired) electrons. The molecule has 0 atom stereocenters. The summed E-state index contributed by atoms with van der Waals surface area (Å²) in [4.78, 5) is 0. The zero-order valence-corrected chi connectivity index (χ0v) is 11.6. The predicted octanol–water partition coefficient (Wildman–Crippen LogP) is 2.75. The second kappa shape index (κ2) is 4.41. The van der Waals surface area contributed by atoms with Gasteiger partial charge in [-0.3, -0.25) is 4.68 Å². The Labute approximate surface area is 109 Å². The molecule has 0 aliphatic rings. The van der Waals surface area contributed by atoms with E-state index in [1.54, 1.807) is 18.0 Å². The first-order valence-corrected chi connectivity index (χ1v) is 5.96. The maximum Gasteiger partial charge on any atom is 0.133 e. The molecule has 0 aliphatic carbocycles. The Morgan fingerprint density at radius 1 is 1.41 bits per heavy atom. The lowest BCUT2D eigenvalue weighted by Gasteiger charge is -2.11.